The van der Waals surface area contributed by atoms with Gasteiger partial charge in [-0.1, -0.05) is 58.9 Å². The van der Waals surface area contributed by atoms with E-state index < -0.39 is 15.8 Å². The van der Waals surface area contributed by atoms with Gasteiger partial charge in [0, 0.05) is 31.7 Å². The van der Waals surface area contributed by atoms with Crippen LogP contribution in [0.25, 0.3) is 0 Å². The molecule has 6 nitrogen and oxygen atoms in total. The molecule has 1 aliphatic heterocycles. The molecule has 1 unspecified atom stereocenters. The largest absolute Gasteiger partial charge is 0.481 e. The van der Waals surface area contributed by atoms with Crippen LogP contribution in [-0.4, -0.2) is 67.6 Å². The fourth-order valence-corrected chi connectivity index (χ4v) is 15.7. The van der Waals surface area contributed by atoms with Crippen LogP contribution in [0.5, 0.6) is 0 Å². The number of carboxylic acid groups (broad SMARTS) is 1. The standard InChI is InChI=1S/C42H66N2O4S/c1-28(2)31-12-17-42(43-20-21-44-22-24-49(47,48)25-23-44)19-18-40(6)33(37(31)42)10-11-35-39(5)15-13-32(30-9-8-29(26-30)27-36(45)46)38(3,4)34(39)14-16-41(35,40)7/h13,26,29,31,33-35,37,43H,1,8-12,14-25,27H2,2-7H3,(H,45,46)/t29?,31-,33+,34-,35+,37+,39-,40+,41+,42-/m0/s1. The highest BCUT2D eigenvalue weighted by Crippen LogP contribution is 2.76. The average Bonchev–Trinajstić information content (AvgIpc) is 3.63. The molecule has 7 rings (SSSR count). The summed E-state index contributed by atoms with van der Waals surface area (Å²) in [5.41, 5.74) is 5.47. The van der Waals surface area contributed by atoms with E-state index in [1.54, 1.807) is 0 Å². The van der Waals surface area contributed by atoms with Gasteiger partial charge in [-0.25, -0.2) is 8.42 Å². The Hall–Kier alpha value is -1.44. The molecule has 0 amide bonds. The lowest BCUT2D eigenvalue weighted by molar-refractivity contribution is -0.221. The van der Waals surface area contributed by atoms with Crippen LogP contribution in [-0.2, 0) is 14.6 Å². The number of fused-ring (bicyclic) bond motifs is 7. The Labute approximate surface area is 297 Å². The molecule has 1 heterocycles. The number of rotatable bonds is 8. The zero-order chi connectivity index (χ0) is 35.2. The summed E-state index contributed by atoms with van der Waals surface area (Å²) in [7, 11) is -2.86. The third-order valence-corrected chi connectivity index (χ3v) is 18.6. The van der Waals surface area contributed by atoms with Gasteiger partial charge in [-0.2, -0.15) is 0 Å². The van der Waals surface area contributed by atoms with Crippen molar-refractivity contribution in [2.75, 3.05) is 37.7 Å². The Balaban J connectivity index is 1.13. The normalized spacial score (nSPS) is 45.7. The lowest BCUT2D eigenvalue weighted by atomic mass is 9.33. The maximum Gasteiger partial charge on any atom is 0.303 e. The highest BCUT2D eigenvalue weighted by atomic mass is 32.2. The van der Waals surface area contributed by atoms with E-state index in [1.165, 1.54) is 68.1 Å². The molecule has 7 aliphatic rings. The van der Waals surface area contributed by atoms with Crippen molar-refractivity contribution >= 4 is 15.8 Å². The van der Waals surface area contributed by atoms with Crippen LogP contribution in [0, 0.1) is 57.2 Å². The van der Waals surface area contributed by atoms with E-state index in [2.05, 4.69) is 70.5 Å². The van der Waals surface area contributed by atoms with Crippen LogP contribution in [0.3, 0.4) is 0 Å². The van der Waals surface area contributed by atoms with Crippen molar-refractivity contribution in [2.45, 2.75) is 124 Å². The maximum absolute atomic E-state index is 12.0. The summed E-state index contributed by atoms with van der Waals surface area (Å²) in [6.45, 7) is 23.3. The number of allylic oxidation sites excluding steroid dienone is 5. The SMILES string of the molecule is C=C(C)[C@@H]1CC[C@]2(NCCN3CCS(=O)(=O)CC3)CC[C@]3(C)[C@H](CC[C@@H]4[C@@]5(C)CC=C(C6=CC(CC(=O)O)CC6)C(C)(C)[C@@H]5CC[C@]43C)[C@@H]12. The zero-order valence-corrected chi connectivity index (χ0v) is 32.4. The third kappa shape index (κ3) is 5.68. The molecule has 0 spiro atoms. The van der Waals surface area contributed by atoms with E-state index in [0.29, 0.717) is 65.0 Å². The third-order valence-electron chi connectivity index (χ3n) is 17.0. The molecule has 1 saturated heterocycles. The zero-order valence-electron chi connectivity index (χ0n) is 31.6. The molecule has 2 N–H and O–H groups in total. The minimum absolute atomic E-state index is 0.0940. The second-order valence-electron chi connectivity index (χ2n) is 19.4. The van der Waals surface area contributed by atoms with Crippen LogP contribution >= 0.6 is 0 Å². The summed E-state index contributed by atoms with van der Waals surface area (Å²) in [6.07, 6.45) is 18.6. The lowest BCUT2D eigenvalue weighted by Gasteiger charge is -2.72. The lowest BCUT2D eigenvalue weighted by Crippen LogP contribution is -2.68. The van der Waals surface area contributed by atoms with E-state index in [9.17, 15) is 18.3 Å². The first kappa shape index (κ1) is 35.9. The number of nitrogens with zero attached hydrogens (tertiary/aromatic N) is 1. The highest BCUT2D eigenvalue weighted by molar-refractivity contribution is 7.91. The van der Waals surface area contributed by atoms with Crippen molar-refractivity contribution in [3.8, 4) is 0 Å². The van der Waals surface area contributed by atoms with Crippen LogP contribution in [0.2, 0.25) is 0 Å². The Morgan fingerprint density at radius 3 is 2.39 bits per heavy atom. The second kappa shape index (κ2) is 12.3. The summed E-state index contributed by atoms with van der Waals surface area (Å²) in [6, 6.07) is 0. The Bertz CT molecular complexity index is 1520. The number of aliphatic carboxylic acids is 1. The molecule has 5 fully saturated rings. The van der Waals surface area contributed by atoms with E-state index in [1.807, 2.05) is 0 Å². The molecule has 0 aromatic carbocycles. The van der Waals surface area contributed by atoms with E-state index in [-0.39, 0.29) is 28.7 Å². The van der Waals surface area contributed by atoms with Gasteiger partial charge in [0.15, 0.2) is 9.84 Å². The predicted molar refractivity (Wildman–Crippen MR) is 199 cm³/mol. The monoisotopic (exact) mass is 694 g/mol. The minimum Gasteiger partial charge on any atom is -0.481 e. The predicted octanol–water partition coefficient (Wildman–Crippen LogP) is 8.06. The van der Waals surface area contributed by atoms with Crippen LogP contribution in [0.15, 0.2) is 35.5 Å². The van der Waals surface area contributed by atoms with Gasteiger partial charge in [-0.05, 0) is 146 Å². The van der Waals surface area contributed by atoms with Crippen LogP contribution in [0.4, 0.5) is 0 Å². The van der Waals surface area contributed by atoms with Crippen LogP contribution < -0.4 is 5.32 Å². The van der Waals surface area contributed by atoms with Gasteiger partial charge in [0.1, 0.15) is 0 Å². The first-order valence-electron chi connectivity index (χ1n) is 19.9. The molecule has 0 aromatic rings. The minimum atomic E-state index is -2.86. The Kier molecular flexibility index (Phi) is 9.04. The number of nitrogens with one attached hydrogen (secondary N) is 1. The smallest absolute Gasteiger partial charge is 0.303 e. The fourth-order valence-electron chi connectivity index (χ4n) is 14.4. The van der Waals surface area contributed by atoms with Gasteiger partial charge >= 0.3 is 5.97 Å². The number of hydrogen-bond acceptors (Lipinski definition) is 5. The topological polar surface area (TPSA) is 86.7 Å². The van der Waals surface area contributed by atoms with Gasteiger partial charge in [0.05, 0.1) is 17.9 Å². The molecule has 0 radical (unpaired) electrons. The Morgan fingerprint density at radius 2 is 1.69 bits per heavy atom. The van der Waals surface area contributed by atoms with Gasteiger partial charge in [-0.3, -0.25) is 4.79 Å². The average molecular weight is 695 g/mol. The van der Waals surface area contributed by atoms with Gasteiger partial charge in [0.25, 0.3) is 0 Å². The molecule has 4 saturated carbocycles. The van der Waals surface area contributed by atoms with Crippen molar-refractivity contribution in [2.24, 2.45) is 57.2 Å². The molecular weight excluding hydrogens is 629 g/mol. The van der Waals surface area contributed by atoms with Crippen LogP contribution in [0.1, 0.15) is 119 Å². The van der Waals surface area contributed by atoms with Crippen molar-refractivity contribution in [3.05, 3.63) is 35.5 Å². The molecular formula is C42H66N2O4S. The molecule has 0 bridgehead atoms. The molecule has 274 valence electrons. The first-order chi connectivity index (χ1) is 23.0. The van der Waals surface area contributed by atoms with Gasteiger partial charge in [0.2, 0.25) is 0 Å². The van der Waals surface area contributed by atoms with Crippen molar-refractivity contribution in [1.29, 1.82) is 0 Å². The molecule has 10 atom stereocenters. The van der Waals surface area contributed by atoms with Crippen molar-refractivity contribution in [3.63, 3.8) is 0 Å². The van der Waals surface area contributed by atoms with Gasteiger partial charge < -0.3 is 15.3 Å². The summed E-state index contributed by atoms with van der Waals surface area (Å²) in [4.78, 5) is 13.8. The van der Waals surface area contributed by atoms with E-state index in [0.717, 1.165) is 32.4 Å². The molecule has 0 aromatic heterocycles. The number of carboxylic acids is 1. The molecule has 49 heavy (non-hydrogen) atoms. The van der Waals surface area contributed by atoms with Gasteiger partial charge in [-0.15, -0.1) is 0 Å². The summed E-state index contributed by atoms with van der Waals surface area (Å²) in [5.74, 6) is 3.34. The van der Waals surface area contributed by atoms with Crippen molar-refractivity contribution < 1.29 is 18.3 Å². The maximum atomic E-state index is 12.0. The number of hydrogen-bond donors (Lipinski definition) is 2. The fraction of sp³-hybridized carbons (Fsp3) is 0.833. The quantitative estimate of drug-likeness (QED) is 0.250. The van der Waals surface area contributed by atoms with Crippen molar-refractivity contribution in [1.82, 2.24) is 10.2 Å². The number of sulfone groups is 1. The summed E-state index contributed by atoms with van der Waals surface area (Å²) >= 11 is 0. The second-order valence-corrected chi connectivity index (χ2v) is 21.7. The molecule has 6 aliphatic carbocycles. The summed E-state index contributed by atoms with van der Waals surface area (Å²) in [5, 5.41) is 13.7. The first-order valence-corrected chi connectivity index (χ1v) is 21.7. The van der Waals surface area contributed by atoms with E-state index in [4.69, 9.17) is 0 Å². The highest BCUT2D eigenvalue weighted by Gasteiger charge is 2.70. The Morgan fingerprint density at radius 1 is 0.959 bits per heavy atom. The number of carbonyl (C=O) groups is 1. The summed E-state index contributed by atoms with van der Waals surface area (Å²) < 4.78 is 24.0. The molecule has 7 heteroatoms. The van der Waals surface area contributed by atoms with E-state index >= 15 is 0 Å².